The van der Waals surface area contributed by atoms with Gasteiger partial charge < -0.3 is 19.3 Å². The summed E-state index contributed by atoms with van der Waals surface area (Å²) in [7, 11) is 6.96. The van der Waals surface area contributed by atoms with Gasteiger partial charge in [-0.05, 0) is 42.0 Å². The molecule has 7 nitrogen and oxygen atoms in total. The maximum atomic E-state index is 14.7. The number of halogens is 10. The van der Waals surface area contributed by atoms with Crippen LogP contribution in [0.5, 0.6) is 11.5 Å². The van der Waals surface area contributed by atoms with E-state index in [2.05, 4.69) is 4.74 Å². The van der Waals surface area contributed by atoms with E-state index in [9.17, 15) is 53.5 Å². The molecular formula is C37H21F10N2O5+. The largest absolute Gasteiger partial charge is 0.416 e. The molecule has 54 heavy (non-hydrogen) atoms. The van der Waals surface area contributed by atoms with Gasteiger partial charge in [0.15, 0.2) is 0 Å². The molecule has 0 bridgehead atoms. The summed E-state index contributed by atoms with van der Waals surface area (Å²) < 4.78 is 157. The highest BCUT2D eigenvalue weighted by Crippen LogP contribution is 2.41. The Hall–Kier alpha value is -6.39. The number of nitrogens with zero attached hydrogens (tertiary/aromatic N) is 2. The maximum absolute atomic E-state index is 14.7. The first-order valence-electron chi connectivity index (χ1n) is 15.2. The summed E-state index contributed by atoms with van der Waals surface area (Å²) >= 11 is 0. The number of rotatable bonds is 7. The van der Waals surface area contributed by atoms with Crippen molar-refractivity contribution in [1.29, 1.82) is 0 Å². The monoisotopic (exact) mass is 763 g/mol. The fourth-order valence-electron chi connectivity index (χ4n) is 5.42. The third kappa shape index (κ3) is 6.24. The highest BCUT2D eigenvalue weighted by Gasteiger charge is 2.33. The predicted molar refractivity (Wildman–Crippen MR) is 175 cm³/mol. The van der Waals surface area contributed by atoms with Crippen LogP contribution < -0.4 is 19.3 Å². The van der Waals surface area contributed by atoms with Crippen LogP contribution in [0.2, 0.25) is 0 Å². The van der Waals surface area contributed by atoms with Crippen molar-refractivity contribution in [2.24, 2.45) is 0 Å². The van der Waals surface area contributed by atoms with Crippen molar-refractivity contribution in [3.05, 3.63) is 124 Å². The van der Waals surface area contributed by atoms with Crippen LogP contribution in [-0.4, -0.2) is 40.1 Å². The third-order valence-electron chi connectivity index (χ3n) is 8.19. The lowest BCUT2D eigenvalue weighted by Crippen LogP contribution is -2.17. The number of carbonyl (C=O) groups is 2. The summed E-state index contributed by atoms with van der Waals surface area (Å²) in [5.74, 6) is -32.6. The van der Waals surface area contributed by atoms with Crippen molar-refractivity contribution in [1.82, 2.24) is 0 Å². The molecule has 0 unspecified atom stereocenters. The van der Waals surface area contributed by atoms with Gasteiger partial charge in [-0.2, -0.15) is 17.6 Å². The predicted octanol–water partition coefficient (Wildman–Crippen LogP) is 9.50. The minimum absolute atomic E-state index is 0.144. The summed E-state index contributed by atoms with van der Waals surface area (Å²) in [5.41, 5.74) is 0.0135. The van der Waals surface area contributed by atoms with Crippen LogP contribution in [0.15, 0.2) is 59.0 Å². The lowest BCUT2D eigenvalue weighted by Gasteiger charge is -2.16. The molecule has 0 atom stereocenters. The second kappa shape index (κ2) is 13.9. The van der Waals surface area contributed by atoms with Gasteiger partial charge in [0.1, 0.15) is 0 Å². The molecule has 0 aliphatic carbocycles. The van der Waals surface area contributed by atoms with Gasteiger partial charge in [-0.3, -0.25) is 0 Å². The second-order valence-corrected chi connectivity index (χ2v) is 12.0. The van der Waals surface area contributed by atoms with Crippen molar-refractivity contribution in [3.63, 3.8) is 0 Å². The quantitative estimate of drug-likeness (QED) is 0.0305. The van der Waals surface area contributed by atoms with Crippen LogP contribution in [0.1, 0.15) is 20.7 Å². The fourth-order valence-corrected chi connectivity index (χ4v) is 5.42. The van der Waals surface area contributed by atoms with Gasteiger partial charge in [-0.1, -0.05) is 6.07 Å². The molecule has 6 rings (SSSR count). The summed E-state index contributed by atoms with van der Waals surface area (Å²) in [6, 6.07) is 12.3. The second-order valence-electron chi connectivity index (χ2n) is 12.0. The van der Waals surface area contributed by atoms with Crippen molar-refractivity contribution in [3.8, 4) is 22.6 Å². The zero-order valence-corrected chi connectivity index (χ0v) is 27.9. The molecule has 278 valence electrons. The van der Waals surface area contributed by atoms with Crippen molar-refractivity contribution >= 4 is 45.3 Å². The van der Waals surface area contributed by atoms with Crippen LogP contribution in [-0.2, 0) is 0 Å². The molecule has 5 aromatic carbocycles. The molecule has 0 spiro atoms. The van der Waals surface area contributed by atoms with Gasteiger partial charge in [-0.25, -0.2) is 40.3 Å². The number of esters is 2. The first-order chi connectivity index (χ1) is 25.4. The molecule has 0 saturated heterocycles. The number of fused-ring (bicyclic) bond motifs is 2. The number of ether oxygens (including phenoxy) is 2. The zero-order valence-electron chi connectivity index (χ0n) is 27.9. The SMILES string of the molecule is CN(C)c1ccc2c(-c3ccc(C(=O)Oc4c(F)c(F)c(F)c(F)c4F)cc3C(=O)Oc3c(F)c(F)c(F)c(F)c3F)c3ccc(N(C)C)cc3[o+]c2c1. The summed E-state index contributed by atoms with van der Waals surface area (Å²) in [5, 5.41) is 0.570. The molecule has 0 N–H and O–H groups in total. The summed E-state index contributed by atoms with van der Waals surface area (Å²) in [4.78, 5) is 30.4. The van der Waals surface area contributed by atoms with Gasteiger partial charge in [0.05, 0.1) is 34.0 Å². The topological polar surface area (TPSA) is 70.4 Å². The van der Waals surface area contributed by atoms with E-state index in [1.165, 1.54) is 0 Å². The first kappa shape index (κ1) is 37.4. The number of hydrogen-bond acceptors (Lipinski definition) is 6. The van der Waals surface area contributed by atoms with Gasteiger partial charge in [0.2, 0.25) is 69.7 Å². The average Bonchev–Trinajstić information content (AvgIpc) is 3.16. The van der Waals surface area contributed by atoms with Crippen LogP contribution in [0.3, 0.4) is 0 Å². The Balaban J connectivity index is 1.61. The van der Waals surface area contributed by atoms with E-state index in [0.717, 1.165) is 12.1 Å². The van der Waals surface area contributed by atoms with E-state index in [1.807, 2.05) is 0 Å². The molecule has 6 aromatic rings. The third-order valence-corrected chi connectivity index (χ3v) is 8.19. The zero-order chi connectivity index (χ0) is 39.5. The molecule has 0 fully saturated rings. The van der Waals surface area contributed by atoms with Gasteiger partial charge in [-0.15, -0.1) is 0 Å². The number of carbonyl (C=O) groups excluding carboxylic acids is 2. The van der Waals surface area contributed by atoms with Crippen molar-refractivity contribution < 1.29 is 67.4 Å². The van der Waals surface area contributed by atoms with Gasteiger partial charge >= 0.3 is 23.1 Å². The lowest BCUT2D eigenvalue weighted by molar-refractivity contribution is 0.0715. The van der Waals surface area contributed by atoms with E-state index in [1.54, 1.807) is 74.4 Å². The standard InChI is InChI=1S/C37H21F10N2O5/c1-48(2)15-6-9-18-21(12-15)52-22-13-16(49(3)4)7-10-19(22)23(18)17-8-5-14(36(50)53-34-30(44)26(40)24(38)27(41)31(34)45)11-20(17)37(51)54-35-32(46)28(42)25(39)29(43)33(35)47/h5-13H,1-4H3/q+1. The lowest BCUT2D eigenvalue weighted by atomic mass is 9.92. The highest BCUT2D eigenvalue weighted by atomic mass is 19.2. The maximum Gasteiger partial charge on any atom is 0.363 e. The van der Waals surface area contributed by atoms with E-state index in [4.69, 9.17) is 9.15 Å². The van der Waals surface area contributed by atoms with Crippen LogP contribution >= 0.6 is 0 Å². The summed E-state index contributed by atoms with van der Waals surface area (Å²) in [6.45, 7) is 0. The van der Waals surface area contributed by atoms with Crippen LogP contribution in [0.25, 0.3) is 33.1 Å². The number of benzene rings is 5. The van der Waals surface area contributed by atoms with Gasteiger partial charge in [0.25, 0.3) is 0 Å². The first-order valence-corrected chi connectivity index (χ1v) is 15.2. The minimum atomic E-state index is -2.55. The Morgan fingerprint density at radius 1 is 0.500 bits per heavy atom. The molecule has 0 saturated carbocycles. The molecule has 17 heteroatoms. The molecule has 0 amide bonds. The van der Waals surface area contributed by atoms with E-state index < -0.39 is 92.7 Å². The minimum Gasteiger partial charge on any atom is -0.416 e. The average molecular weight is 764 g/mol. The van der Waals surface area contributed by atoms with Crippen LogP contribution in [0, 0.1) is 58.2 Å². The van der Waals surface area contributed by atoms with Crippen molar-refractivity contribution in [2.75, 3.05) is 38.0 Å². The summed E-state index contributed by atoms with van der Waals surface area (Å²) in [6.07, 6.45) is 0. The molecule has 0 aliphatic rings. The van der Waals surface area contributed by atoms with Crippen LogP contribution in [0.4, 0.5) is 55.3 Å². The highest BCUT2D eigenvalue weighted by molar-refractivity contribution is 6.13. The molecule has 0 aliphatic heterocycles. The van der Waals surface area contributed by atoms with E-state index in [0.29, 0.717) is 17.4 Å². The van der Waals surface area contributed by atoms with Gasteiger partial charge in [0, 0.05) is 45.1 Å². The molecular weight excluding hydrogens is 742 g/mol. The Bertz CT molecular complexity index is 2450. The molecule has 0 radical (unpaired) electrons. The molecule has 1 aromatic heterocycles. The Labute approximate surface area is 297 Å². The number of hydrogen-bond donors (Lipinski definition) is 0. The Kier molecular flexibility index (Phi) is 9.60. The molecule has 1 heterocycles. The fraction of sp³-hybridized carbons (Fsp3) is 0.108. The Morgan fingerprint density at radius 3 is 1.30 bits per heavy atom. The Morgan fingerprint density at radius 2 is 0.889 bits per heavy atom. The number of anilines is 2. The van der Waals surface area contributed by atoms with E-state index in [-0.39, 0.29) is 33.1 Å². The smallest absolute Gasteiger partial charge is 0.363 e. The normalized spacial score (nSPS) is 11.3. The van der Waals surface area contributed by atoms with E-state index >= 15 is 0 Å². The van der Waals surface area contributed by atoms with Crippen molar-refractivity contribution in [2.45, 2.75) is 0 Å².